The predicted molar refractivity (Wildman–Crippen MR) is 98.1 cm³/mol. The van der Waals surface area contributed by atoms with Gasteiger partial charge < -0.3 is 40.3 Å². The summed E-state index contributed by atoms with van der Waals surface area (Å²) < 4.78 is 52.5. The van der Waals surface area contributed by atoms with Crippen molar-refractivity contribution in [2.75, 3.05) is 5.73 Å². The highest BCUT2D eigenvalue weighted by Gasteiger charge is 2.50. The molecule has 6 unspecified atom stereocenters. The molecule has 19 nitrogen and oxygen atoms in total. The van der Waals surface area contributed by atoms with Crippen LogP contribution in [-0.4, -0.2) is 67.4 Å². The van der Waals surface area contributed by atoms with Gasteiger partial charge in [-0.3, -0.25) is 18.5 Å². The van der Waals surface area contributed by atoms with Crippen LogP contribution in [0.4, 0.5) is 5.95 Å². The highest BCUT2D eigenvalue weighted by atomic mass is 31.3. The van der Waals surface area contributed by atoms with Gasteiger partial charge in [-0.1, -0.05) is 0 Å². The zero-order valence-electron chi connectivity index (χ0n) is 15.5. The first-order valence-electron chi connectivity index (χ1n) is 8.04. The number of nitrogens with two attached hydrogens (primary N) is 1. The standard InChI is InChI=1S/C10H16N5O14P3/c1-14-7(18)3-6(13-10(14)11)15(2-12-3)8-4(16)5(17)9(26-8)27-31(22,23)29-32(24,25)28-30(19,20)21/h2,4-5,8-9,16-17H,1H3,(H2,11,13)(H,22,23)(H,24,25)(H2,19,20,21). The Labute approximate surface area is 176 Å². The van der Waals surface area contributed by atoms with Gasteiger partial charge in [0, 0.05) is 7.05 Å². The molecule has 180 valence electrons. The van der Waals surface area contributed by atoms with Crippen LogP contribution in [0.5, 0.6) is 0 Å². The third-order valence-corrected chi connectivity index (χ3v) is 7.76. The van der Waals surface area contributed by atoms with Crippen molar-refractivity contribution >= 4 is 40.6 Å². The van der Waals surface area contributed by atoms with Crippen LogP contribution >= 0.6 is 23.5 Å². The summed E-state index contributed by atoms with van der Waals surface area (Å²) in [6.45, 7) is 0. The lowest BCUT2D eigenvalue weighted by molar-refractivity contribution is -0.133. The summed E-state index contributed by atoms with van der Waals surface area (Å²) in [5.41, 5.74) is 4.60. The largest absolute Gasteiger partial charge is 0.490 e. The van der Waals surface area contributed by atoms with Gasteiger partial charge in [-0.15, -0.1) is 0 Å². The molecule has 1 aliphatic rings. The van der Waals surface area contributed by atoms with Gasteiger partial charge in [0.05, 0.1) is 6.33 Å². The fourth-order valence-electron chi connectivity index (χ4n) is 2.62. The molecule has 0 saturated carbocycles. The number of nitrogens with zero attached hydrogens (tertiary/aromatic N) is 4. The molecule has 0 amide bonds. The van der Waals surface area contributed by atoms with Crippen LogP contribution < -0.4 is 11.3 Å². The quantitative estimate of drug-likeness (QED) is 0.187. The number of phosphoric acid groups is 3. The van der Waals surface area contributed by atoms with Crippen molar-refractivity contribution < 1.29 is 61.4 Å². The first-order chi connectivity index (χ1) is 14.5. The predicted octanol–water partition coefficient (Wildman–Crippen LogP) is -2.37. The minimum Gasteiger partial charge on any atom is -0.385 e. The molecule has 1 aliphatic heterocycles. The smallest absolute Gasteiger partial charge is 0.385 e. The molecule has 3 rings (SSSR count). The van der Waals surface area contributed by atoms with Gasteiger partial charge in [-0.05, 0) is 0 Å². The molecule has 8 N–H and O–H groups in total. The van der Waals surface area contributed by atoms with Crippen LogP contribution in [0, 0.1) is 0 Å². The minimum atomic E-state index is -5.82. The second kappa shape index (κ2) is 8.34. The number of aliphatic hydroxyl groups excluding tert-OH is 2. The van der Waals surface area contributed by atoms with E-state index in [2.05, 4.69) is 23.1 Å². The van der Waals surface area contributed by atoms with Crippen LogP contribution in [-0.2, 0) is 38.6 Å². The van der Waals surface area contributed by atoms with Crippen LogP contribution in [0.3, 0.4) is 0 Å². The molecule has 22 heteroatoms. The Hall–Kier alpha value is -1.56. The molecular formula is C10H16N5O14P3. The number of fused-ring (bicyclic) bond motifs is 1. The van der Waals surface area contributed by atoms with E-state index >= 15 is 0 Å². The van der Waals surface area contributed by atoms with E-state index in [0.29, 0.717) is 0 Å². The molecule has 6 atom stereocenters. The molecule has 2 aromatic rings. The van der Waals surface area contributed by atoms with Crippen molar-refractivity contribution in [3.05, 3.63) is 16.7 Å². The molecule has 1 saturated heterocycles. The Bertz CT molecular complexity index is 1240. The number of phosphoric ester groups is 1. The van der Waals surface area contributed by atoms with E-state index in [9.17, 15) is 33.6 Å². The summed E-state index contributed by atoms with van der Waals surface area (Å²) in [4.78, 5) is 55.7. The molecule has 3 heterocycles. The molecular weight excluding hydrogens is 507 g/mol. The van der Waals surface area contributed by atoms with Crippen molar-refractivity contribution in [3.63, 3.8) is 0 Å². The van der Waals surface area contributed by atoms with E-state index in [1.807, 2.05) is 0 Å². The maximum absolute atomic E-state index is 12.2. The second-order valence-electron chi connectivity index (χ2n) is 6.23. The Morgan fingerprint density at radius 3 is 2.31 bits per heavy atom. The lowest BCUT2D eigenvalue weighted by atomic mass is 10.2. The maximum Gasteiger partial charge on any atom is 0.490 e. The van der Waals surface area contributed by atoms with Crippen LogP contribution in [0.2, 0.25) is 0 Å². The van der Waals surface area contributed by atoms with Crippen molar-refractivity contribution in [1.29, 1.82) is 0 Å². The fraction of sp³-hybridized carbons (Fsp3) is 0.500. The second-order valence-corrected chi connectivity index (χ2v) is 10.6. The number of ether oxygens (including phenoxy) is 1. The summed E-state index contributed by atoms with van der Waals surface area (Å²) in [7, 11) is -15.8. The van der Waals surface area contributed by atoms with Crippen molar-refractivity contribution in [1.82, 2.24) is 19.1 Å². The van der Waals surface area contributed by atoms with E-state index in [1.54, 1.807) is 0 Å². The third-order valence-electron chi connectivity index (χ3n) is 3.96. The first kappa shape index (κ1) is 25.1. The average molecular weight is 523 g/mol. The topological polar surface area (TPSA) is 288 Å². The number of aromatic nitrogens is 4. The molecule has 0 aromatic carbocycles. The Balaban J connectivity index is 1.84. The monoisotopic (exact) mass is 523 g/mol. The summed E-state index contributed by atoms with van der Waals surface area (Å²) in [5.74, 6) is -0.234. The molecule has 0 bridgehead atoms. The molecule has 1 fully saturated rings. The van der Waals surface area contributed by atoms with E-state index < -0.39 is 53.8 Å². The van der Waals surface area contributed by atoms with E-state index in [4.69, 9.17) is 25.2 Å². The van der Waals surface area contributed by atoms with Crippen molar-refractivity contribution in [2.45, 2.75) is 24.7 Å². The Morgan fingerprint density at radius 2 is 1.72 bits per heavy atom. The Kier molecular flexibility index (Phi) is 6.53. The number of aliphatic hydroxyl groups is 2. The number of imidazole rings is 1. The summed E-state index contributed by atoms with van der Waals surface area (Å²) in [5, 5.41) is 20.3. The fourth-order valence-corrected chi connectivity index (χ4v) is 5.72. The molecule has 0 radical (unpaired) electrons. The minimum absolute atomic E-state index is 0.180. The van der Waals surface area contributed by atoms with Crippen LogP contribution in [0.25, 0.3) is 11.2 Å². The molecule has 32 heavy (non-hydrogen) atoms. The van der Waals surface area contributed by atoms with Gasteiger partial charge in [0.15, 0.2) is 23.7 Å². The zero-order chi connectivity index (χ0) is 24.2. The lowest BCUT2D eigenvalue weighted by Gasteiger charge is -2.20. The van der Waals surface area contributed by atoms with E-state index in [0.717, 1.165) is 15.5 Å². The maximum atomic E-state index is 12.2. The highest BCUT2D eigenvalue weighted by Crippen LogP contribution is 2.66. The lowest BCUT2D eigenvalue weighted by Crippen LogP contribution is -2.32. The van der Waals surface area contributed by atoms with Gasteiger partial charge >= 0.3 is 23.5 Å². The van der Waals surface area contributed by atoms with Gasteiger partial charge in [-0.2, -0.15) is 13.6 Å². The van der Waals surface area contributed by atoms with Crippen LogP contribution in [0.15, 0.2) is 11.1 Å². The first-order valence-corrected chi connectivity index (χ1v) is 12.6. The number of nitrogen functional groups attached to an aromatic ring is 1. The zero-order valence-corrected chi connectivity index (χ0v) is 18.2. The molecule has 0 aliphatic carbocycles. The summed E-state index contributed by atoms with van der Waals surface area (Å²) in [6.07, 6.45) is -6.73. The van der Waals surface area contributed by atoms with Crippen molar-refractivity contribution in [3.8, 4) is 0 Å². The number of anilines is 1. The number of hydrogen-bond acceptors (Lipinski definition) is 13. The average Bonchev–Trinajstić information content (AvgIpc) is 3.12. The van der Waals surface area contributed by atoms with Gasteiger partial charge in [0.1, 0.15) is 12.2 Å². The summed E-state index contributed by atoms with van der Waals surface area (Å²) in [6, 6.07) is 0. The summed E-state index contributed by atoms with van der Waals surface area (Å²) >= 11 is 0. The van der Waals surface area contributed by atoms with Gasteiger partial charge in [0.2, 0.25) is 5.95 Å². The van der Waals surface area contributed by atoms with E-state index in [1.165, 1.54) is 7.05 Å². The molecule has 2 aromatic heterocycles. The van der Waals surface area contributed by atoms with Crippen molar-refractivity contribution in [2.24, 2.45) is 7.05 Å². The number of hydrogen-bond donors (Lipinski definition) is 7. The highest BCUT2D eigenvalue weighted by molar-refractivity contribution is 7.66. The third kappa shape index (κ3) is 5.16. The Morgan fingerprint density at radius 1 is 1.09 bits per heavy atom. The van der Waals surface area contributed by atoms with E-state index in [-0.39, 0.29) is 17.1 Å². The van der Waals surface area contributed by atoms with Gasteiger partial charge in [0.25, 0.3) is 5.56 Å². The van der Waals surface area contributed by atoms with Crippen LogP contribution in [0.1, 0.15) is 6.23 Å². The van der Waals surface area contributed by atoms with Gasteiger partial charge in [-0.25, -0.2) is 18.7 Å². The number of rotatable bonds is 7. The normalized spacial score (nSPS) is 28.0. The SMILES string of the molecule is Cn1c(N)nc2c(ncn2C2OC(OP(=O)(O)OP(=O)(O)OP(=O)(O)O)C(O)C2O)c1=O. The molecule has 0 spiro atoms.